The number of nitrogens with zero attached hydrogens (tertiary/aromatic N) is 9. The van der Waals surface area contributed by atoms with Crippen molar-refractivity contribution < 1.29 is 9.53 Å². The normalized spacial score (nSPS) is 14.6. The van der Waals surface area contributed by atoms with Crippen LogP contribution in [0.15, 0.2) is 48.7 Å². The first kappa shape index (κ1) is 34.9. The lowest BCUT2D eigenvalue weighted by Crippen LogP contribution is -2.42. The van der Waals surface area contributed by atoms with Gasteiger partial charge in [0.1, 0.15) is 11.4 Å². The highest BCUT2D eigenvalue weighted by molar-refractivity contribution is 6.35. The molecule has 0 saturated carbocycles. The van der Waals surface area contributed by atoms with E-state index in [0.717, 1.165) is 83.0 Å². The molecule has 1 unspecified atom stereocenters. The molecule has 1 amide bonds. The first-order valence-corrected chi connectivity index (χ1v) is 18.5. The number of halogens is 2. The predicted octanol–water partition coefficient (Wildman–Crippen LogP) is 8.50. The summed E-state index contributed by atoms with van der Waals surface area (Å²) in [4.78, 5) is 17.1. The molecule has 1 aliphatic rings. The predicted molar refractivity (Wildman–Crippen MR) is 210 cm³/mol. The van der Waals surface area contributed by atoms with Gasteiger partial charge < -0.3 is 18.8 Å². The summed E-state index contributed by atoms with van der Waals surface area (Å²) in [5.41, 5.74) is 11.1. The number of carbonyl (C=O) groups is 1. The molecule has 0 bridgehead atoms. The maximum Gasteiger partial charge on any atom is 0.275 e. The van der Waals surface area contributed by atoms with Crippen LogP contribution in [0, 0.1) is 27.7 Å². The third kappa shape index (κ3) is 5.59. The van der Waals surface area contributed by atoms with E-state index in [1.54, 1.807) is 4.68 Å². The van der Waals surface area contributed by atoms with Gasteiger partial charge in [0.25, 0.3) is 5.91 Å². The van der Waals surface area contributed by atoms with Crippen LogP contribution in [-0.4, -0.2) is 58.2 Å². The van der Waals surface area contributed by atoms with Crippen LogP contribution in [-0.2, 0) is 27.6 Å². The lowest BCUT2D eigenvalue weighted by atomic mass is 9.98. The van der Waals surface area contributed by atoms with E-state index < -0.39 is 0 Å². The molecular formula is C40H41Cl2N9O2. The molecule has 0 saturated heterocycles. The van der Waals surface area contributed by atoms with Crippen molar-refractivity contribution >= 4 is 56.6 Å². The molecule has 8 rings (SSSR count). The smallest absolute Gasteiger partial charge is 0.275 e. The van der Waals surface area contributed by atoms with Crippen LogP contribution in [0.5, 0.6) is 5.75 Å². The summed E-state index contributed by atoms with van der Waals surface area (Å²) < 4.78 is 14.1. The summed E-state index contributed by atoms with van der Waals surface area (Å²) in [5, 5.41) is 20.2. The molecule has 5 heterocycles. The summed E-state index contributed by atoms with van der Waals surface area (Å²) in [5.74, 6) is 1.38. The van der Waals surface area contributed by atoms with E-state index in [9.17, 15) is 0 Å². The molecule has 7 aromatic rings. The van der Waals surface area contributed by atoms with Crippen molar-refractivity contribution in [2.24, 2.45) is 21.1 Å². The SMILES string of the molecule is Cc1cc(OCCCc2c3n(c4c(-c5c(C)nn(C)c5C)c(Cl)ccc24)C(C)CN(c2cn(C)c4ccc(-c5nnnn5C)cc24)C3=O)cc(C)c1Cl. The Kier molecular flexibility index (Phi) is 8.61. The monoisotopic (exact) mass is 749 g/mol. The molecule has 3 aromatic carbocycles. The van der Waals surface area contributed by atoms with Crippen molar-refractivity contribution in [3.05, 3.63) is 92.5 Å². The Balaban J connectivity index is 1.27. The summed E-state index contributed by atoms with van der Waals surface area (Å²) >= 11 is 13.5. The molecule has 53 heavy (non-hydrogen) atoms. The molecule has 0 radical (unpaired) electrons. The van der Waals surface area contributed by atoms with Gasteiger partial charge in [-0.15, -0.1) is 5.10 Å². The van der Waals surface area contributed by atoms with Gasteiger partial charge >= 0.3 is 0 Å². The minimum absolute atomic E-state index is 0.0564. The van der Waals surface area contributed by atoms with Crippen LogP contribution >= 0.6 is 23.2 Å². The topological polar surface area (TPSA) is 101 Å². The highest BCUT2D eigenvalue weighted by atomic mass is 35.5. The third-order valence-corrected chi connectivity index (χ3v) is 11.6. The number of aryl methyl sites for hydroxylation is 7. The molecule has 13 heteroatoms. The fourth-order valence-corrected chi connectivity index (χ4v) is 8.49. The van der Waals surface area contributed by atoms with Gasteiger partial charge in [0.05, 0.1) is 28.5 Å². The van der Waals surface area contributed by atoms with Crippen molar-refractivity contribution in [1.82, 2.24) is 39.1 Å². The second kappa shape index (κ2) is 13.1. The number of rotatable bonds is 8. The van der Waals surface area contributed by atoms with E-state index in [1.165, 1.54) is 0 Å². The van der Waals surface area contributed by atoms with Crippen molar-refractivity contribution in [2.45, 2.75) is 53.5 Å². The van der Waals surface area contributed by atoms with E-state index in [0.29, 0.717) is 42.5 Å². The van der Waals surface area contributed by atoms with Crippen LogP contribution in [0.1, 0.15) is 58.0 Å². The van der Waals surface area contributed by atoms with Crippen molar-refractivity contribution in [2.75, 3.05) is 18.1 Å². The molecule has 0 aliphatic carbocycles. The van der Waals surface area contributed by atoms with Gasteiger partial charge in [-0.25, -0.2) is 4.68 Å². The molecule has 1 aliphatic heterocycles. The molecule has 11 nitrogen and oxygen atoms in total. The lowest BCUT2D eigenvalue weighted by molar-refractivity contribution is 0.0957. The third-order valence-electron chi connectivity index (χ3n) is 10.7. The Morgan fingerprint density at radius 1 is 0.925 bits per heavy atom. The van der Waals surface area contributed by atoms with Crippen LogP contribution in [0.3, 0.4) is 0 Å². The van der Waals surface area contributed by atoms with E-state index in [2.05, 4.69) is 56.7 Å². The Morgan fingerprint density at radius 2 is 1.68 bits per heavy atom. The van der Waals surface area contributed by atoms with Gasteiger partial charge in [-0.05, 0) is 111 Å². The van der Waals surface area contributed by atoms with Gasteiger partial charge in [0.2, 0.25) is 0 Å². The molecule has 272 valence electrons. The van der Waals surface area contributed by atoms with Crippen molar-refractivity contribution in [3.63, 3.8) is 0 Å². The van der Waals surface area contributed by atoms with Crippen molar-refractivity contribution in [3.8, 4) is 28.3 Å². The highest BCUT2D eigenvalue weighted by Gasteiger charge is 2.37. The molecule has 0 N–H and O–H groups in total. The molecule has 1 atom stereocenters. The number of carbonyl (C=O) groups excluding carboxylic acids is 1. The minimum atomic E-state index is -0.0777. The number of aromatic nitrogens is 8. The van der Waals surface area contributed by atoms with Gasteiger partial charge in [-0.1, -0.05) is 29.3 Å². The number of amides is 1. The first-order valence-electron chi connectivity index (χ1n) is 17.7. The number of benzene rings is 3. The van der Waals surface area contributed by atoms with Gasteiger partial charge in [-0.3, -0.25) is 9.48 Å². The molecule has 4 aromatic heterocycles. The zero-order valence-corrected chi connectivity index (χ0v) is 32.6. The number of hydrogen-bond acceptors (Lipinski definition) is 6. The fraction of sp³-hybridized carbons (Fsp3) is 0.325. The maximum absolute atomic E-state index is 15.2. The summed E-state index contributed by atoms with van der Waals surface area (Å²) in [7, 11) is 5.77. The molecular weight excluding hydrogens is 709 g/mol. The number of hydrogen-bond donors (Lipinski definition) is 0. The Hall–Kier alpha value is -5.13. The summed E-state index contributed by atoms with van der Waals surface area (Å²) in [6.45, 7) is 11.2. The average molecular weight is 751 g/mol. The van der Waals surface area contributed by atoms with Gasteiger partial charge in [0.15, 0.2) is 5.82 Å². The molecule has 0 fully saturated rings. The van der Waals surface area contributed by atoms with Crippen molar-refractivity contribution in [1.29, 1.82) is 0 Å². The van der Waals surface area contributed by atoms with E-state index in [-0.39, 0.29) is 11.9 Å². The average Bonchev–Trinajstić information content (AvgIpc) is 3.86. The van der Waals surface area contributed by atoms with Crippen LogP contribution in [0.25, 0.3) is 44.3 Å². The highest BCUT2D eigenvalue weighted by Crippen LogP contribution is 2.46. The van der Waals surface area contributed by atoms with Crippen LogP contribution in [0.4, 0.5) is 5.69 Å². The van der Waals surface area contributed by atoms with Gasteiger partial charge in [-0.2, -0.15) is 5.10 Å². The second-order valence-electron chi connectivity index (χ2n) is 14.3. The van der Waals surface area contributed by atoms with Crippen LogP contribution in [0.2, 0.25) is 10.0 Å². The zero-order chi connectivity index (χ0) is 37.5. The first-order chi connectivity index (χ1) is 25.3. The Morgan fingerprint density at radius 3 is 2.36 bits per heavy atom. The summed E-state index contributed by atoms with van der Waals surface area (Å²) in [6.07, 6.45) is 3.36. The van der Waals surface area contributed by atoms with Gasteiger partial charge in [0, 0.05) is 83.6 Å². The number of fused-ring (bicyclic) bond motifs is 4. The summed E-state index contributed by atoms with van der Waals surface area (Å²) in [6, 6.07) is 14.0. The minimum Gasteiger partial charge on any atom is -0.494 e. The van der Waals surface area contributed by atoms with E-state index >= 15 is 4.79 Å². The fourth-order valence-electron chi connectivity index (χ4n) is 8.14. The Labute approximate surface area is 317 Å². The Bertz CT molecular complexity index is 2590. The van der Waals surface area contributed by atoms with Crippen LogP contribution < -0.4 is 9.64 Å². The van der Waals surface area contributed by atoms with E-state index in [4.69, 9.17) is 33.0 Å². The van der Waals surface area contributed by atoms with E-state index in [1.807, 2.05) is 82.0 Å². The molecule has 0 spiro atoms. The number of tetrazole rings is 1. The zero-order valence-electron chi connectivity index (χ0n) is 31.1. The maximum atomic E-state index is 15.2. The quantitative estimate of drug-likeness (QED) is 0.145. The number of anilines is 1. The lowest BCUT2D eigenvalue weighted by Gasteiger charge is -2.34. The largest absolute Gasteiger partial charge is 0.494 e. The standard InChI is InChI=1S/C40H41Cl2N9O2/c1-21-16-27(17-22(2)36(21)42)53-15-9-10-28-29-12-13-31(41)35(34-24(4)44-48(7)25(34)5)37(29)51-23(3)19-50(40(52)38(28)51)33-20-47(6)32-14-11-26(18-30(32)33)39-43-45-46-49(39)8/h11-14,16-18,20,23H,9-10,15,19H2,1-8H3. The number of ether oxygens (including phenoxy) is 1. The second-order valence-corrected chi connectivity index (χ2v) is 15.0.